The fraction of sp³-hybridized carbons (Fsp3) is 0.342. The second-order valence-corrected chi connectivity index (χ2v) is 12.3. The summed E-state index contributed by atoms with van der Waals surface area (Å²) in [7, 11) is 0. The van der Waals surface area contributed by atoms with Gasteiger partial charge in [-0.05, 0) is 61.4 Å². The van der Waals surface area contributed by atoms with Crippen molar-refractivity contribution < 1.29 is 29.0 Å². The van der Waals surface area contributed by atoms with Crippen LogP contribution in [-0.4, -0.2) is 57.4 Å². The van der Waals surface area contributed by atoms with Gasteiger partial charge in [-0.25, -0.2) is 9.59 Å². The minimum absolute atomic E-state index is 0.0219. The van der Waals surface area contributed by atoms with E-state index in [1.54, 1.807) is 30.6 Å². The fourth-order valence-corrected chi connectivity index (χ4v) is 5.34. The number of hydrogen-bond donors (Lipinski definition) is 4. The molecule has 11 nitrogen and oxygen atoms in total. The number of nitrogens with one attached hydrogen (secondary N) is 3. The zero-order valence-corrected chi connectivity index (χ0v) is 28.1. The number of rotatable bonds is 16. The molecular weight excluding hydrogens is 622 g/mol. The molecule has 4 aromatic rings. The van der Waals surface area contributed by atoms with Gasteiger partial charge in [0.15, 0.2) is 0 Å². The summed E-state index contributed by atoms with van der Waals surface area (Å²) in [6.45, 7) is 5.48. The fourth-order valence-electron chi connectivity index (χ4n) is 5.34. The molecule has 4 atom stereocenters. The normalized spacial score (nSPS) is 13.4. The van der Waals surface area contributed by atoms with Crippen LogP contribution >= 0.6 is 0 Å². The van der Waals surface area contributed by atoms with E-state index in [-0.39, 0.29) is 25.6 Å². The highest BCUT2D eigenvalue weighted by Gasteiger charge is 2.30. The molecule has 0 fully saturated rings. The number of carbonyl (C=O) groups is 3. The van der Waals surface area contributed by atoms with Gasteiger partial charge in [-0.15, -0.1) is 0 Å². The predicted octanol–water partition coefficient (Wildman–Crippen LogP) is 5.05. The Kier molecular flexibility index (Phi) is 14.1. The van der Waals surface area contributed by atoms with Crippen molar-refractivity contribution in [2.45, 2.75) is 77.5 Å². The first kappa shape index (κ1) is 36.5. The van der Waals surface area contributed by atoms with Crippen molar-refractivity contribution in [3.8, 4) is 0 Å². The lowest BCUT2D eigenvalue weighted by Crippen LogP contribution is -2.54. The molecule has 11 heteroatoms. The third-order valence-corrected chi connectivity index (χ3v) is 7.88. The van der Waals surface area contributed by atoms with Crippen molar-refractivity contribution in [3.63, 3.8) is 0 Å². The van der Waals surface area contributed by atoms with Crippen LogP contribution in [0.3, 0.4) is 0 Å². The molecule has 49 heavy (non-hydrogen) atoms. The average Bonchev–Trinajstić information content (AvgIpc) is 3.09. The van der Waals surface area contributed by atoms with Crippen LogP contribution in [0.5, 0.6) is 0 Å². The van der Waals surface area contributed by atoms with Crippen LogP contribution in [0.1, 0.15) is 48.3 Å². The van der Waals surface area contributed by atoms with Gasteiger partial charge in [0.25, 0.3) is 0 Å². The monoisotopic (exact) mass is 667 g/mol. The van der Waals surface area contributed by atoms with Crippen LogP contribution in [-0.2, 0) is 40.3 Å². The molecule has 2 heterocycles. The Balaban J connectivity index is 1.46. The molecule has 0 saturated heterocycles. The molecule has 258 valence electrons. The van der Waals surface area contributed by atoms with Gasteiger partial charge in [-0.1, -0.05) is 86.6 Å². The number of benzene rings is 2. The molecule has 1 unspecified atom stereocenters. The summed E-state index contributed by atoms with van der Waals surface area (Å²) in [5, 5.41) is 20.2. The van der Waals surface area contributed by atoms with Gasteiger partial charge < -0.3 is 30.5 Å². The first-order valence-corrected chi connectivity index (χ1v) is 16.4. The minimum atomic E-state index is -1.07. The van der Waals surface area contributed by atoms with E-state index in [0.29, 0.717) is 18.5 Å². The maximum absolute atomic E-state index is 13.7. The van der Waals surface area contributed by atoms with E-state index < -0.39 is 42.3 Å². The van der Waals surface area contributed by atoms with E-state index in [4.69, 9.17) is 9.47 Å². The van der Waals surface area contributed by atoms with Crippen molar-refractivity contribution in [2.24, 2.45) is 5.92 Å². The number of carbonyl (C=O) groups excluding carboxylic acids is 3. The number of hydrogen-bond acceptors (Lipinski definition) is 8. The highest BCUT2D eigenvalue weighted by atomic mass is 16.6. The largest absolute Gasteiger partial charge is 0.445 e. The lowest BCUT2D eigenvalue weighted by atomic mass is 9.93. The summed E-state index contributed by atoms with van der Waals surface area (Å²) >= 11 is 0. The van der Waals surface area contributed by atoms with E-state index >= 15 is 0 Å². The molecule has 4 rings (SSSR count). The molecule has 0 spiro atoms. The summed E-state index contributed by atoms with van der Waals surface area (Å²) in [5.41, 5.74) is 3.98. The molecule has 0 aliphatic carbocycles. The summed E-state index contributed by atoms with van der Waals surface area (Å²) in [6.07, 6.45) is 1.59. The SMILES string of the molecule is Cc1cccc(COC(=O)NC(C(=O)N[C@@H](Cc2ccccc2)C[C@H](O)[C@H](Cc2ccccc2)NC(=O)OCc2cccnc2)C(C)C)n1. The Morgan fingerprint density at radius 3 is 2.00 bits per heavy atom. The Labute approximate surface area is 287 Å². The summed E-state index contributed by atoms with van der Waals surface area (Å²) in [5.74, 6) is -0.689. The van der Waals surface area contributed by atoms with Gasteiger partial charge in [-0.2, -0.15) is 0 Å². The first-order valence-electron chi connectivity index (χ1n) is 16.4. The molecule has 2 aromatic carbocycles. The Bertz CT molecular complexity index is 1610. The van der Waals surface area contributed by atoms with Crippen LogP contribution < -0.4 is 16.0 Å². The van der Waals surface area contributed by atoms with E-state index in [2.05, 4.69) is 25.9 Å². The first-order chi connectivity index (χ1) is 23.7. The van der Waals surface area contributed by atoms with Gasteiger partial charge in [-0.3, -0.25) is 14.8 Å². The quantitative estimate of drug-likeness (QED) is 0.130. The van der Waals surface area contributed by atoms with Gasteiger partial charge in [0.1, 0.15) is 19.3 Å². The van der Waals surface area contributed by atoms with Crippen LogP contribution in [0, 0.1) is 12.8 Å². The number of pyridine rings is 2. The van der Waals surface area contributed by atoms with Gasteiger partial charge in [0.05, 0.1) is 17.8 Å². The van der Waals surface area contributed by atoms with E-state index in [1.807, 2.05) is 93.6 Å². The van der Waals surface area contributed by atoms with Gasteiger partial charge in [0.2, 0.25) is 5.91 Å². The van der Waals surface area contributed by atoms with E-state index in [9.17, 15) is 19.5 Å². The standard InChI is InChI=1S/C38H45N5O6/c1-26(2)35(43-38(47)49-25-31-18-10-12-27(3)40-31)36(45)41-32(20-28-13-6-4-7-14-28)22-34(44)33(21-29-15-8-5-9-16-29)42-37(46)48-24-30-17-11-19-39-23-30/h4-19,23,26,32-35,44H,20-22,24-25H2,1-3H3,(H,41,45)(H,42,46)(H,43,47)/t32-,33-,34-,35?/m0/s1. The molecule has 0 bridgehead atoms. The summed E-state index contributed by atoms with van der Waals surface area (Å²) in [6, 6.07) is 25.9. The average molecular weight is 668 g/mol. The van der Waals surface area contributed by atoms with Crippen molar-refractivity contribution in [1.29, 1.82) is 0 Å². The highest BCUT2D eigenvalue weighted by molar-refractivity contribution is 5.86. The predicted molar refractivity (Wildman–Crippen MR) is 185 cm³/mol. The Morgan fingerprint density at radius 1 is 0.735 bits per heavy atom. The Morgan fingerprint density at radius 2 is 1.37 bits per heavy atom. The van der Waals surface area contributed by atoms with E-state index in [0.717, 1.165) is 22.4 Å². The number of ether oxygens (including phenoxy) is 2. The zero-order chi connectivity index (χ0) is 35.0. The maximum Gasteiger partial charge on any atom is 0.408 e. The van der Waals surface area contributed by atoms with Crippen LogP contribution in [0.25, 0.3) is 0 Å². The number of aliphatic hydroxyl groups is 1. The number of nitrogens with zero attached hydrogens (tertiary/aromatic N) is 2. The van der Waals surface area contributed by atoms with Crippen molar-refractivity contribution >= 4 is 18.1 Å². The molecule has 2 aromatic heterocycles. The molecule has 0 aliphatic heterocycles. The summed E-state index contributed by atoms with van der Waals surface area (Å²) < 4.78 is 10.8. The number of amides is 3. The van der Waals surface area contributed by atoms with Crippen LogP contribution in [0.2, 0.25) is 0 Å². The highest BCUT2D eigenvalue weighted by Crippen LogP contribution is 2.16. The lowest BCUT2D eigenvalue weighted by Gasteiger charge is -2.30. The van der Waals surface area contributed by atoms with Crippen LogP contribution in [0.15, 0.2) is 103 Å². The van der Waals surface area contributed by atoms with Crippen molar-refractivity contribution in [3.05, 3.63) is 131 Å². The topological polar surface area (TPSA) is 152 Å². The maximum atomic E-state index is 13.7. The van der Waals surface area contributed by atoms with E-state index in [1.165, 1.54) is 0 Å². The number of aryl methyl sites for hydroxylation is 1. The second-order valence-electron chi connectivity index (χ2n) is 12.3. The smallest absolute Gasteiger partial charge is 0.408 e. The number of aromatic nitrogens is 2. The third-order valence-electron chi connectivity index (χ3n) is 7.88. The lowest BCUT2D eigenvalue weighted by molar-refractivity contribution is -0.125. The second kappa shape index (κ2) is 18.9. The molecular formula is C38H45N5O6. The van der Waals surface area contributed by atoms with Crippen molar-refractivity contribution in [1.82, 2.24) is 25.9 Å². The zero-order valence-electron chi connectivity index (χ0n) is 28.1. The molecule has 0 aliphatic rings. The van der Waals surface area contributed by atoms with Gasteiger partial charge >= 0.3 is 12.2 Å². The van der Waals surface area contributed by atoms with Crippen molar-refractivity contribution in [2.75, 3.05) is 0 Å². The number of alkyl carbamates (subject to hydrolysis) is 2. The van der Waals surface area contributed by atoms with Gasteiger partial charge in [0, 0.05) is 29.7 Å². The summed E-state index contributed by atoms with van der Waals surface area (Å²) in [4.78, 5) is 47.8. The molecule has 0 radical (unpaired) electrons. The molecule has 0 saturated carbocycles. The molecule has 4 N–H and O–H groups in total. The minimum Gasteiger partial charge on any atom is -0.445 e. The molecule has 3 amide bonds. The van der Waals surface area contributed by atoms with Crippen LogP contribution in [0.4, 0.5) is 9.59 Å². The number of aliphatic hydroxyl groups excluding tert-OH is 1. The third kappa shape index (κ3) is 12.7. The Hall–Kier alpha value is -5.29.